The molecule has 2 heteroatoms. The van der Waals surface area contributed by atoms with Crippen molar-refractivity contribution in [1.29, 1.82) is 0 Å². The number of hydrogen-bond acceptors (Lipinski definition) is 2. The first kappa shape index (κ1) is 7.58. The first-order valence-corrected chi connectivity index (χ1v) is 3.57. The first-order chi connectivity index (χ1) is 4.33. The monoisotopic (exact) mass is 142 g/mol. The van der Waals surface area contributed by atoms with Gasteiger partial charge in [0.2, 0.25) is 0 Å². The maximum atomic E-state index is 11.1. The molecule has 10 heavy (non-hydrogen) atoms. The Morgan fingerprint density at radius 2 is 1.80 bits per heavy atom. The van der Waals surface area contributed by atoms with Crippen LogP contribution in [0.2, 0.25) is 0 Å². The largest absolute Gasteiger partial charge is 0.459 e. The lowest BCUT2D eigenvalue weighted by Gasteiger charge is -2.15. The third-order valence-corrected chi connectivity index (χ3v) is 1.79. The lowest BCUT2D eigenvalue weighted by Crippen LogP contribution is -2.18. The smallest absolute Gasteiger partial charge is 0.312 e. The van der Waals surface area contributed by atoms with E-state index in [1.165, 1.54) is 0 Å². The molecule has 0 aromatic carbocycles. The van der Waals surface area contributed by atoms with Crippen molar-refractivity contribution in [2.24, 2.45) is 5.41 Å². The maximum absolute atomic E-state index is 11.1. The molecule has 2 nitrogen and oxygen atoms in total. The van der Waals surface area contributed by atoms with E-state index in [0.29, 0.717) is 0 Å². The van der Waals surface area contributed by atoms with Gasteiger partial charge in [0, 0.05) is 6.42 Å². The average Bonchev–Trinajstić information content (AvgIpc) is 1.73. The highest BCUT2D eigenvalue weighted by atomic mass is 16.6. The molecule has 1 aliphatic heterocycles. The van der Waals surface area contributed by atoms with E-state index in [-0.39, 0.29) is 17.0 Å². The first-order valence-electron chi connectivity index (χ1n) is 3.57. The molecule has 1 saturated heterocycles. The predicted molar refractivity (Wildman–Crippen MR) is 38.6 cm³/mol. The second-order valence-corrected chi connectivity index (χ2v) is 4.21. The normalized spacial score (nSPS) is 28.2. The summed E-state index contributed by atoms with van der Waals surface area (Å²) < 4.78 is 5.12. The molecular weight excluding hydrogens is 128 g/mol. The average molecular weight is 142 g/mol. The van der Waals surface area contributed by atoms with Crippen LogP contribution in [0.15, 0.2) is 0 Å². The fraction of sp³-hybridized carbons (Fsp3) is 0.875. The van der Waals surface area contributed by atoms with Gasteiger partial charge in [0.25, 0.3) is 0 Å². The van der Waals surface area contributed by atoms with E-state index in [0.717, 1.165) is 6.42 Å². The number of carbonyl (C=O) groups is 1. The van der Waals surface area contributed by atoms with Crippen LogP contribution in [0.3, 0.4) is 0 Å². The molecule has 0 unspecified atom stereocenters. The minimum Gasteiger partial charge on any atom is -0.459 e. The number of esters is 1. The van der Waals surface area contributed by atoms with Crippen molar-refractivity contribution in [3.05, 3.63) is 0 Å². The molecule has 1 fully saturated rings. The Bertz CT molecular complexity index is 168. The number of cyclic esters (lactones) is 1. The van der Waals surface area contributed by atoms with Crippen LogP contribution in [0.1, 0.15) is 34.1 Å². The van der Waals surface area contributed by atoms with Gasteiger partial charge in [-0.3, -0.25) is 4.79 Å². The van der Waals surface area contributed by atoms with Crippen molar-refractivity contribution in [2.45, 2.75) is 39.7 Å². The Kier molecular flexibility index (Phi) is 1.32. The second kappa shape index (κ2) is 1.74. The Morgan fingerprint density at radius 3 is 1.90 bits per heavy atom. The third-order valence-electron chi connectivity index (χ3n) is 1.79. The van der Waals surface area contributed by atoms with Gasteiger partial charge < -0.3 is 4.74 Å². The molecule has 0 aromatic rings. The van der Waals surface area contributed by atoms with Crippen molar-refractivity contribution in [1.82, 2.24) is 0 Å². The van der Waals surface area contributed by atoms with E-state index < -0.39 is 0 Å². The number of carbonyl (C=O) groups excluding carboxylic acids is 1. The van der Waals surface area contributed by atoms with E-state index >= 15 is 0 Å². The zero-order valence-electron chi connectivity index (χ0n) is 7.02. The number of hydrogen-bond donors (Lipinski definition) is 0. The van der Waals surface area contributed by atoms with Crippen LogP contribution in [0.4, 0.5) is 0 Å². The predicted octanol–water partition coefficient (Wildman–Crippen LogP) is 1.74. The van der Waals surface area contributed by atoms with Gasteiger partial charge in [0.1, 0.15) is 5.60 Å². The highest BCUT2D eigenvalue weighted by molar-refractivity contribution is 5.78. The SMILES string of the molecule is CC1(C)CC(C)(C)C(=O)O1. The summed E-state index contributed by atoms with van der Waals surface area (Å²) in [6, 6.07) is 0. The summed E-state index contributed by atoms with van der Waals surface area (Å²) in [6.07, 6.45) is 0.818. The third kappa shape index (κ3) is 1.15. The van der Waals surface area contributed by atoms with Gasteiger partial charge in [0.15, 0.2) is 0 Å². The maximum Gasteiger partial charge on any atom is 0.312 e. The van der Waals surface area contributed by atoms with Gasteiger partial charge in [-0.2, -0.15) is 0 Å². The lowest BCUT2D eigenvalue weighted by molar-refractivity contribution is -0.151. The van der Waals surface area contributed by atoms with Crippen LogP contribution < -0.4 is 0 Å². The zero-order chi connectivity index (χ0) is 7.99. The van der Waals surface area contributed by atoms with Crippen molar-refractivity contribution in [3.63, 3.8) is 0 Å². The topological polar surface area (TPSA) is 26.3 Å². The Labute approximate surface area is 61.6 Å². The lowest BCUT2D eigenvalue weighted by atomic mass is 9.86. The van der Waals surface area contributed by atoms with Crippen LogP contribution in [0.5, 0.6) is 0 Å². The van der Waals surface area contributed by atoms with Gasteiger partial charge in [-0.1, -0.05) is 0 Å². The van der Waals surface area contributed by atoms with Crippen LogP contribution in [-0.2, 0) is 9.53 Å². The van der Waals surface area contributed by atoms with E-state index in [2.05, 4.69) is 0 Å². The molecule has 0 atom stereocenters. The summed E-state index contributed by atoms with van der Waals surface area (Å²) >= 11 is 0. The molecular formula is C8H14O2. The summed E-state index contributed by atoms with van der Waals surface area (Å²) in [5, 5.41) is 0. The van der Waals surface area contributed by atoms with Crippen LogP contribution in [0, 0.1) is 5.41 Å². The van der Waals surface area contributed by atoms with Gasteiger partial charge in [-0.15, -0.1) is 0 Å². The van der Waals surface area contributed by atoms with Gasteiger partial charge in [-0.05, 0) is 27.7 Å². The minimum atomic E-state index is -0.274. The molecule has 0 spiro atoms. The summed E-state index contributed by atoms with van der Waals surface area (Å²) in [6.45, 7) is 7.73. The van der Waals surface area contributed by atoms with E-state index in [1.54, 1.807) is 0 Å². The molecule has 0 saturated carbocycles. The van der Waals surface area contributed by atoms with E-state index in [1.807, 2.05) is 27.7 Å². The molecule has 0 aromatic heterocycles. The van der Waals surface area contributed by atoms with Crippen molar-refractivity contribution in [3.8, 4) is 0 Å². The van der Waals surface area contributed by atoms with Crippen molar-refractivity contribution >= 4 is 5.97 Å². The molecule has 0 bridgehead atoms. The molecule has 0 N–H and O–H groups in total. The van der Waals surface area contributed by atoms with Crippen LogP contribution in [-0.4, -0.2) is 11.6 Å². The Hall–Kier alpha value is -0.530. The minimum absolute atomic E-state index is 0.0718. The van der Waals surface area contributed by atoms with Crippen LogP contribution in [0.25, 0.3) is 0 Å². The summed E-state index contributed by atoms with van der Waals surface area (Å²) in [5.41, 5.74) is -0.524. The fourth-order valence-electron chi connectivity index (χ4n) is 1.56. The van der Waals surface area contributed by atoms with Crippen molar-refractivity contribution < 1.29 is 9.53 Å². The Balaban J connectivity index is 2.81. The summed E-state index contributed by atoms with van der Waals surface area (Å²) in [7, 11) is 0. The highest BCUT2D eigenvalue weighted by Crippen LogP contribution is 2.39. The summed E-state index contributed by atoms with van der Waals surface area (Å²) in [5.74, 6) is -0.0718. The zero-order valence-corrected chi connectivity index (χ0v) is 7.02. The standard InChI is InChI=1S/C8H14O2/c1-7(2)5-8(3,4)10-6(7)9/h5H2,1-4H3. The Morgan fingerprint density at radius 1 is 1.30 bits per heavy atom. The molecule has 1 heterocycles. The quantitative estimate of drug-likeness (QED) is 0.481. The van der Waals surface area contributed by atoms with E-state index in [4.69, 9.17) is 4.74 Å². The molecule has 0 amide bonds. The number of rotatable bonds is 0. The fourth-order valence-corrected chi connectivity index (χ4v) is 1.56. The van der Waals surface area contributed by atoms with Gasteiger partial charge in [-0.25, -0.2) is 0 Å². The van der Waals surface area contributed by atoms with Crippen molar-refractivity contribution in [2.75, 3.05) is 0 Å². The second-order valence-electron chi connectivity index (χ2n) is 4.21. The highest BCUT2D eigenvalue weighted by Gasteiger charge is 2.45. The molecule has 1 rings (SSSR count). The van der Waals surface area contributed by atoms with E-state index in [9.17, 15) is 4.79 Å². The van der Waals surface area contributed by atoms with Gasteiger partial charge >= 0.3 is 5.97 Å². The van der Waals surface area contributed by atoms with Gasteiger partial charge in [0.05, 0.1) is 5.41 Å². The summed E-state index contributed by atoms with van der Waals surface area (Å²) in [4.78, 5) is 11.1. The number of ether oxygens (including phenoxy) is 1. The molecule has 0 radical (unpaired) electrons. The van der Waals surface area contributed by atoms with Crippen LogP contribution >= 0.6 is 0 Å². The molecule has 1 aliphatic rings. The molecule has 58 valence electrons. The molecule has 0 aliphatic carbocycles.